The fraction of sp³-hybridized carbons (Fsp3) is 0.286. The highest BCUT2D eigenvalue weighted by atomic mass is 16.5. The molecular formula is C21H24N2O3. The van der Waals surface area contributed by atoms with Crippen molar-refractivity contribution in [1.82, 2.24) is 4.90 Å². The third kappa shape index (κ3) is 3.30. The monoisotopic (exact) mass is 352 g/mol. The third-order valence-electron chi connectivity index (χ3n) is 4.62. The number of hydrogen-bond donors (Lipinski definition) is 1. The van der Waals surface area contributed by atoms with Gasteiger partial charge in [-0.3, -0.25) is 4.79 Å². The van der Waals surface area contributed by atoms with Crippen LogP contribution in [0.1, 0.15) is 22.8 Å². The van der Waals surface area contributed by atoms with E-state index in [4.69, 9.17) is 9.47 Å². The molecule has 5 nitrogen and oxygen atoms in total. The lowest BCUT2D eigenvalue weighted by atomic mass is 9.93. The molecule has 0 spiro atoms. The Morgan fingerprint density at radius 2 is 1.92 bits per heavy atom. The van der Waals surface area contributed by atoms with E-state index >= 15 is 0 Å². The molecule has 0 fully saturated rings. The summed E-state index contributed by atoms with van der Waals surface area (Å²) in [4.78, 5) is 14.9. The number of fused-ring (bicyclic) bond motifs is 1. The molecule has 1 atom stereocenters. The number of rotatable bonds is 7. The minimum absolute atomic E-state index is 0.00844. The Bertz CT molecular complexity index is 788. The first-order valence-corrected chi connectivity index (χ1v) is 8.62. The minimum atomic E-state index is -0.680. The van der Waals surface area contributed by atoms with Crippen LogP contribution in [-0.2, 0) is 10.4 Å². The lowest BCUT2D eigenvalue weighted by Gasteiger charge is -2.46. The van der Waals surface area contributed by atoms with Gasteiger partial charge in [-0.15, -0.1) is 0 Å². The molecule has 136 valence electrons. The molecule has 1 unspecified atom stereocenters. The summed E-state index contributed by atoms with van der Waals surface area (Å²) in [7, 11) is 1.64. The van der Waals surface area contributed by atoms with Crippen LogP contribution in [-0.4, -0.2) is 37.7 Å². The van der Waals surface area contributed by atoms with Gasteiger partial charge in [0.05, 0.1) is 12.2 Å². The van der Waals surface area contributed by atoms with E-state index in [1.54, 1.807) is 13.2 Å². The number of methoxy groups -OCH3 is 1. The largest absolute Gasteiger partial charge is 0.490 e. The van der Waals surface area contributed by atoms with Crippen LogP contribution in [0, 0.1) is 0 Å². The van der Waals surface area contributed by atoms with E-state index in [1.165, 1.54) is 0 Å². The van der Waals surface area contributed by atoms with E-state index in [1.807, 2.05) is 60.4 Å². The van der Waals surface area contributed by atoms with Gasteiger partial charge in [0.1, 0.15) is 18.0 Å². The first-order chi connectivity index (χ1) is 12.6. The lowest BCUT2D eigenvalue weighted by Crippen LogP contribution is -2.56. The Morgan fingerprint density at radius 3 is 2.62 bits per heavy atom. The predicted octanol–water partition coefficient (Wildman–Crippen LogP) is 3.64. The van der Waals surface area contributed by atoms with Crippen LogP contribution in [0.5, 0.6) is 5.75 Å². The number of benzene rings is 2. The Balaban J connectivity index is 1.98. The van der Waals surface area contributed by atoms with Crippen molar-refractivity contribution in [2.24, 2.45) is 0 Å². The topological polar surface area (TPSA) is 50.8 Å². The van der Waals surface area contributed by atoms with Crippen LogP contribution < -0.4 is 10.1 Å². The van der Waals surface area contributed by atoms with E-state index < -0.39 is 5.66 Å². The number of carbonyl (C=O) groups excluding carboxylic acids is 1. The number of anilines is 1. The average Bonchev–Trinajstić information content (AvgIpc) is 2.66. The number of hydrogen-bond acceptors (Lipinski definition) is 4. The molecule has 3 rings (SSSR count). The van der Waals surface area contributed by atoms with Crippen molar-refractivity contribution in [2.45, 2.75) is 12.6 Å². The zero-order valence-electron chi connectivity index (χ0n) is 15.2. The second kappa shape index (κ2) is 7.62. The van der Waals surface area contributed by atoms with Crippen LogP contribution in [0.25, 0.3) is 0 Å². The minimum Gasteiger partial charge on any atom is -0.490 e. The summed E-state index contributed by atoms with van der Waals surface area (Å²) in [6, 6.07) is 15.4. The molecule has 1 aliphatic rings. The molecule has 0 saturated heterocycles. The Hall–Kier alpha value is -2.79. The molecule has 0 aromatic heterocycles. The van der Waals surface area contributed by atoms with E-state index in [9.17, 15) is 4.79 Å². The van der Waals surface area contributed by atoms with Gasteiger partial charge in [-0.1, -0.05) is 36.9 Å². The van der Waals surface area contributed by atoms with E-state index in [0.29, 0.717) is 25.3 Å². The first-order valence-electron chi connectivity index (χ1n) is 8.62. The van der Waals surface area contributed by atoms with Gasteiger partial charge in [-0.25, -0.2) is 0 Å². The van der Waals surface area contributed by atoms with Crippen LogP contribution in [0.15, 0.2) is 61.2 Å². The standard InChI is InChI=1S/C21H24N2O3/c1-4-14-26-17-11-9-16(10-12-17)21(2)22-19-8-6-5-7-18(19)20(24)23(21)13-15-25-3/h4-12,22H,1,13-15H2,2-3H3. The number of nitrogens with zero attached hydrogens (tertiary/aromatic N) is 1. The highest BCUT2D eigenvalue weighted by Gasteiger charge is 2.42. The molecule has 0 saturated carbocycles. The smallest absolute Gasteiger partial charge is 0.258 e. The van der Waals surface area contributed by atoms with Crippen molar-refractivity contribution in [3.05, 3.63) is 72.3 Å². The second-order valence-electron chi connectivity index (χ2n) is 6.32. The Morgan fingerprint density at radius 1 is 1.19 bits per heavy atom. The zero-order chi connectivity index (χ0) is 18.6. The van der Waals surface area contributed by atoms with Gasteiger partial charge in [-0.05, 0) is 36.8 Å². The van der Waals surface area contributed by atoms with E-state index in [0.717, 1.165) is 17.0 Å². The molecule has 26 heavy (non-hydrogen) atoms. The lowest BCUT2D eigenvalue weighted by molar-refractivity contribution is 0.0438. The van der Waals surface area contributed by atoms with Crippen molar-refractivity contribution < 1.29 is 14.3 Å². The molecule has 2 aromatic carbocycles. The highest BCUT2D eigenvalue weighted by Crippen LogP contribution is 2.38. The van der Waals surface area contributed by atoms with Gasteiger partial charge >= 0.3 is 0 Å². The van der Waals surface area contributed by atoms with Gasteiger partial charge < -0.3 is 19.7 Å². The van der Waals surface area contributed by atoms with Crippen LogP contribution in [0.4, 0.5) is 5.69 Å². The maximum absolute atomic E-state index is 13.1. The summed E-state index contributed by atoms with van der Waals surface area (Å²) in [6.07, 6.45) is 1.71. The molecule has 0 aliphatic carbocycles. The Labute approximate surface area is 154 Å². The molecule has 0 radical (unpaired) electrons. The normalized spacial score (nSPS) is 18.8. The van der Waals surface area contributed by atoms with Crippen molar-refractivity contribution in [2.75, 3.05) is 32.2 Å². The van der Waals surface area contributed by atoms with Gasteiger partial charge in [-0.2, -0.15) is 0 Å². The molecule has 1 N–H and O–H groups in total. The Kier molecular flexibility index (Phi) is 5.28. The summed E-state index contributed by atoms with van der Waals surface area (Å²) in [5.41, 5.74) is 1.80. The molecule has 1 aliphatic heterocycles. The summed E-state index contributed by atoms with van der Waals surface area (Å²) in [5.74, 6) is 0.758. The average molecular weight is 352 g/mol. The zero-order valence-corrected chi connectivity index (χ0v) is 15.2. The van der Waals surface area contributed by atoms with Crippen LogP contribution in [0.3, 0.4) is 0 Å². The number of nitrogens with one attached hydrogen (secondary N) is 1. The van der Waals surface area contributed by atoms with Crippen molar-refractivity contribution in [3.63, 3.8) is 0 Å². The molecule has 2 aromatic rings. The van der Waals surface area contributed by atoms with E-state index in [2.05, 4.69) is 11.9 Å². The van der Waals surface area contributed by atoms with Crippen molar-refractivity contribution in [3.8, 4) is 5.75 Å². The van der Waals surface area contributed by atoms with Crippen molar-refractivity contribution >= 4 is 11.6 Å². The van der Waals surface area contributed by atoms with Crippen LogP contribution >= 0.6 is 0 Å². The number of ether oxygens (including phenoxy) is 2. The maximum Gasteiger partial charge on any atom is 0.258 e. The fourth-order valence-corrected chi connectivity index (χ4v) is 3.22. The number of para-hydroxylation sites is 1. The summed E-state index contributed by atoms with van der Waals surface area (Å²) >= 11 is 0. The fourth-order valence-electron chi connectivity index (χ4n) is 3.22. The van der Waals surface area contributed by atoms with Gasteiger partial charge in [0.2, 0.25) is 0 Å². The van der Waals surface area contributed by atoms with Crippen molar-refractivity contribution in [1.29, 1.82) is 0 Å². The SMILES string of the molecule is C=CCOc1ccc(C2(C)Nc3ccccc3C(=O)N2CCOC)cc1. The van der Waals surface area contributed by atoms with E-state index in [-0.39, 0.29) is 5.91 Å². The summed E-state index contributed by atoms with van der Waals surface area (Å²) in [5, 5.41) is 3.53. The van der Waals surface area contributed by atoms with Gasteiger partial charge in [0.15, 0.2) is 0 Å². The quantitative estimate of drug-likeness (QED) is 0.773. The second-order valence-corrected chi connectivity index (χ2v) is 6.32. The molecule has 0 bridgehead atoms. The molecule has 1 heterocycles. The maximum atomic E-state index is 13.1. The summed E-state index contributed by atoms with van der Waals surface area (Å²) in [6.45, 7) is 7.08. The predicted molar refractivity (Wildman–Crippen MR) is 102 cm³/mol. The van der Waals surface area contributed by atoms with Gasteiger partial charge in [0.25, 0.3) is 5.91 Å². The molecule has 1 amide bonds. The highest BCUT2D eigenvalue weighted by molar-refractivity contribution is 6.02. The van der Waals surface area contributed by atoms with Gasteiger partial charge in [0, 0.05) is 19.3 Å². The number of carbonyl (C=O) groups is 1. The van der Waals surface area contributed by atoms with Crippen LogP contribution in [0.2, 0.25) is 0 Å². The first kappa shape index (κ1) is 18.0. The molecule has 5 heteroatoms. The third-order valence-corrected chi connectivity index (χ3v) is 4.62. The summed E-state index contributed by atoms with van der Waals surface area (Å²) < 4.78 is 10.8. The molecular weight excluding hydrogens is 328 g/mol. The number of amides is 1.